The van der Waals surface area contributed by atoms with Gasteiger partial charge < -0.3 is 4.90 Å². The maximum atomic E-state index is 11.6. The molecule has 0 radical (unpaired) electrons. The molecule has 0 bridgehead atoms. The third-order valence-electron chi connectivity index (χ3n) is 3.16. The standard InChI is InChI=1S/C14H13N3O2/c1-9-6-10(7-17-8-13(18)16-14(17)19)11-4-2-3-5-12(11)15-9/h2-6H,7-8H2,1H3,(H,16,18,19). The SMILES string of the molecule is Cc1cc(CN2CC(=O)NC2=O)c2ccccc2n1. The predicted molar refractivity (Wildman–Crippen MR) is 70.4 cm³/mol. The average molecular weight is 255 g/mol. The molecule has 2 aromatic rings. The number of urea groups is 1. The lowest BCUT2D eigenvalue weighted by Crippen LogP contribution is -2.27. The Morgan fingerprint density at radius 1 is 1.32 bits per heavy atom. The summed E-state index contributed by atoms with van der Waals surface area (Å²) in [5, 5.41) is 3.30. The molecule has 2 heterocycles. The highest BCUT2D eigenvalue weighted by Gasteiger charge is 2.26. The van der Waals surface area contributed by atoms with Gasteiger partial charge in [-0.1, -0.05) is 18.2 Å². The minimum atomic E-state index is -0.330. The van der Waals surface area contributed by atoms with Crippen molar-refractivity contribution in [2.45, 2.75) is 13.5 Å². The monoisotopic (exact) mass is 255 g/mol. The van der Waals surface area contributed by atoms with Gasteiger partial charge in [-0.3, -0.25) is 15.1 Å². The Kier molecular flexibility index (Phi) is 2.67. The van der Waals surface area contributed by atoms with Crippen molar-refractivity contribution < 1.29 is 9.59 Å². The molecule has 3 amide bonds. The topological polar surface area (TPSA) is 62.3 Å². The number of carbonyl (C=O) groups excluding carboxylic acids is 2. The molecule has 0 aliphatic carbocycles. The van der Waals surface area contributed by atoms with Crippen molar-refractivity contribution in [1.82, 2.24) is 15.2 Å². The van der Waals surface area contributed by atoms with Crippen LogP contribution in [0.2, 0.25) is 0 Å². The lowest BCUT2D eigenvalue weighted by atomic mass is 10.1. The molecule has 3 rings (SSSR count). The van der Waals surface area contributed by atoms with Crippen LogP contribution in [0.15, 0.2) is 30.3 Å². The van der Waals surface area contributed by atoms with Gasteiger partial charge in [-0.15, -0.1) is 0 Å². The number of benzene rings is 1. The van der Waals surface area contributed by atoms with Crippen molar-refractivity contribution in [2.75, 3.05) is 6.54 Å². The third-order valence-corrected chi connectivity index (χ3v) is 3.16. The Balaban J connectivity index is 2.01. The minimum absolute atomic E-state index is 0.120. The van der Waals surface area contributed by atoms with Gasteiger partial charge in [0.05, 0.1) is 5.52 Å². The van der Waals surface area contributed by atoms with Crippen LogP contribution in [0.5, 0.6) is 0 Å². The van der Waals surface area contributed by atoms with Crippen LogP contribution in [0.25, 0.3) is 10.9 Å². The number of carbonyl (C=O) groups is 2. The van der Waals surface area contributed by atoms with E-state index >= 15 is 0 Å². The number of nitrogens with zero attached hydrogens (tertiary/aromatic N) is 2. The number of amides is 3. The lowest BCUT2D eigenvalue weighted by Gasteiger charge is -2.15. The maximum Gasteiger partial charge on any atom is 0.324 e. The Bertz CT molecular complexity index is 681. The molecule has 5 nitrogen and oxygen atoms in total. The number of para-hydroxylation sites is 1. The van der Waals surface area contributed by atoms with E-state index in [0.29, 0.717) is 6.54 Å². The number of aryl methyl sites for hydroxylation is 1. The van der Waals surface area contributed by atoms with E-state index in [1.807, 2.05) is 37.3 Å². The molecule has 0 saturated carbocycles. The van der Waals surface area contributed by atoms with Gasteiger partial charge >= 0.3 is 6.03 Å². The van der Waals surface area contributed by atoms with Crippen molar-refractivity contribution in [1.29, 1.82) is 0 Å². The van der Waals surface area contributed by atoms with Crippen LogP contribution in [0, 0.1) is 6.92 Å². The lowest BCUT2D eigenvalue weighted by molar-refractivity contribution is -0.118. The molecule has 96 valence electrons. The van der Waals surface area contributed by atoms with Gasteiger partial charge in [-0.25, -0.2) is 4.79 Å². The van der Waals surface area contributed by atoms with Crippen LogP contribution < -0.4 is 5.32 Å². The van der Waals surface area contributed by atoms with Crippen LogP contribution in [0.3, 0.4) is 0 Å². The zero-order valence-corrected chi connectivity index (χ0v) is 10.5. The predicted octanol–water partition coefficient (Wildman–Crippen LogP) is 1.60. The summed E-state index contributed by atoms with van der Waals surface area (Å²) >= 11 is 0. The van der Waals surface area contributed by atoms with Crippen molar-refractivity contribution in [3.8, 4) is 0 Å². The zero-order chi connectivity index (χ0) is 13.4. The average Bonchev–Trinajstić information content (AvgIpc) is 2.67. The molecular weight excluding hydrogens is 242 g/mol. The van der Waals surface area contributed by atoms with Gasteiger partial charge in [0.2, 0.25) is 5.91 Å². The largest absolute Gasteiger partial charge is 0.324 e. The van der Waals surface area contributed by atoms with Gasteiger partial charge in [0, 0.05) is 17.6 Å². The smallest absolute Gasteiger partial charge is 0.311 e. The van der Waals surface area contributed by atoms with Crippen LogP contribution in [0.1, 0.15) is 11.3 Å². The molecule has 1 aromatic carbocycles. The molecule has 0 unspecified atom stereocenters. The van der Waals surface area contributed by atoms with E-state index < -0.39 is 0 Å². The van der Waals surface area contributed by atoms with E-state index in [2.05, 4.69) is 10.3 Å². The van der Waals surface area contributed by atoms with Crippen molar-refractivity contribution in [3.05, 3.63) is 41.6 Å². The summed E-state index contributed by atoms with van der Waals surface area (Å²) in [5.41, 5.74) is 2.82. The number of rotatable bonds is 2. The highest BCUT2D eigenvalue weighted by molar-refractivity contribution is 6.02. The first-order valence-corrected chi connectivity index (χ1v) is 6.07. The van der Waals surface area contributed by atoms with Gasteiger partial charge in [-0.05, 0) is 24.6 Å². The van der Waals surface area contributed by atoms with E-state index in [-0.39, 0.29) is 18.5 Å². The van der Waals surface area contributed by atoms with E-state index in [1.54, 1.807) is 0 Å². The Hall–Kier alpha value is -2.43. The summed E-state index contributed by atoms with van der Waals surface area (Å²) in [7, 11) is 0. The molecule has 1 aliphatic heterocycles. The number of nitrogens with one attached hydrogen (secondary N) is 1. The number of hydrogen-bond acceptors (Lipinski definition) is 3. The molecule has 1 saturated heterocycles. The number of hydrogen-bond donors (Lipinski definition) is 1. The van der Waals surface area contributed by atoms with E-state index in [1.165, 1.54) is 4.90 Å². The van der Waals surface area contributed by atoms with E-state index in [9.17, 15) is 9.59 Å². The van der Waals surface area contributed by atoms with Gasteiger partial charge in [0.1, 0.15) is 6.54 Å². The zero-order valence-electron chi connectivity index (χ0n) is 10.5. The van der Waals surface area contributed by atoms with E-state index in [0.717, 1.165) is 22.2 Å². The second-order valence-electron chi connectivity index (χ2n) is 4.65. The van der Waals surface area contributed by atoms with Crippen LogP contribution >= 0.6 is 0 Å². The summed E-state index contributed by atoms with van der Waals surface area (Å²) in [6, 6.07) is 9.43. The van der Waals surface area contributed by atoms with Crippen molar-refractivity contribution >= 4 is 22.8 Å². The normalized spacial score (nSPS) is 15.1. The van der Waals surface area contributed by atoms with Crippen molar-refractivity contribution in [3.63, 3.8) is 0 Å². The molecule has 1 aliphatic rings. The first-order chi connectivity index (χ1) is 9.13. The molecular formula is C14H13N3O2. The fraction of sp³-hybridized carbons (Fsp3) is 0.214. The second kappa shape index (κ2) is 4.35. The fourth-order valence-corrected chi connectivity index (χ4v) is 2.34. The summed E-state index contributed by atoms with van der Waals surface area (Å²) in [6.07, 6.45) is 0. The minimum Gasteiger partial charge on any atom is -0.311 e. The number of pyridine rings is 1. The van der Waals surface area contributed by atoms with Gasteiger partial charge in [-0.2, -0.15) is 0 Å². The third kappa shape index (κ3) is 2.14. The molecule has 0 spiro atoms. The second-order valence-corrected chi connectivity index (χ2v) is 4.65. The molecule has 1 aromatic heterocycles. The fourth-order valence-electron chi connectivity index (χ4n) is 2.34. The Morgan fingerprint density at radius 2 is 2.11 bits per heavy atom. The number of fused-ring (bicyclic) bond motifs is 1. The quantitative estimate of drug-likeness (QED) is 0.829. The summed E-state index contributed by atoms with van der Waals surface area (Å²) in [5.74, 6) is -0.250. The first kappa shape index (κ1) is 11.6. The maximum absolute atomic E-state index is 11.6. The van der Waals surface area contributed by atoms with Crippen molar-refractivity contribution in [2.24, 2.45) is 0 Å². The van der Waals surface area contributed by atoms with Gasteiger partial charge in [0.15, 0.2) is 0 Å². The molecule has 0 atom stereocenters. The Labute approximate surface area is 110 Å². The molecule has 5 heteroatoms. The van der Waals surface area contributed by atoms with Gasteiger partial charge in [0.25, 0.3) is 0 Å². The molecule has 1 N–H and O–H groups in total. The number of imide groups is 1. The van der Waals surface area contributed by atoms with Crippen LogP contribution in [-0.2, 0) is 11.3 Å². The first-order valence-electron chi connectivity index (χ1n) is 6.07. The molecule has 19 heavy (non-hydrogen) atoms. The number of aromatic nitrogens is 1. The van der Waals surface area contributed by atoms with Crippen LogP contribution in [-0.4, -0.2) is 28.4 Å². The highest BCUT2D eigenvalue weighted by atomic mass is 16.2. The van der Waals surface area contributed by atoms with Crippen LogP contribution in [0.4, 0.5) is 4.79 Å². The summed E-state index contributed by atoms with van der Waals surface area (Å²) < 4.78 is 0. The Morgan fingerprint density at radius 3 is 2.84 bits per heavy atom. The molecule has 1 fully saturated rings. The summed E-state index contributed by atoms with van der Waals surface area (Å²) in [4.78, 5) is 28.7. The summed E-state index contributed by atoms with van der Waals surface area (Å²) in [6.45, 7) is 2.46. The van der Waals surface area contributed by atoms with E-state index in [4.69, 9.17) is 0 Å². The highest BCUT2D eigenvalue weighted by Crippen LogP contribution is 2.20.